The van der Waals surface area contributed by atoms with Crippen LogP contribution in [0.1, 0.15) is 31.7 Å². The zero-order valence-corrected chi connectivity index (χ0v) is 9.82. The van der Waals surface area contributed by atoms with E-state index in [1.807, 2.05) is 18.2 Å². The van der Waals surface area contributed by atoms with E-state index in [1.165, 1.54) is 19.3 Å². The molecule has 1 aliphatic rings. The van der Waals surface area contributed by atoms with Crippen LogP contribution in [-0.4, -0.2) is 17.7 Å². The molecular weight excluding hydrogens is 200 g/mol. The summed E-state index contributed by atoms with van der Waals surface area (Å²) < 4.78 is 0. The maximum atomic E-state index is 9.05. The number of hydrogen-bond donors (Lipinski definition) is 2. The third kappa shape index (κ3) is 2.14. The van der Waals surface area contributed by atoms with Crippen LogP contribution in [0.2, 0.25) is 0 Å². The lowest BCUT2D eigenvalue weighted by atomic mass is 10.0. The molecule has 1 saturated heterocycles. The Morgan fingerprint density at radius 1 is 1.44 bits per heavy atom. The molecule has 1 fully saturated rings. The van der Waals surface area contributed by atoms with Gasteiger partial charge in [0.05, 0.1) is 18.0 Å². The summed E-state index contributed by atoms with van der Waals surface area (Å²) in [7, 11) is 0. The smallest absolute Gasteiger partial charge is 0.0682 e. The van der Waals surface area contributed by atoms with Crippen molar-refractivity contribution in [3.63, 3.8) is 0 Å². The molecule has 1 aliphatic heterocycles. The summed E-state index contributed by atoms with van der Waals surface area (Å²) in [6, 6.07) is 6.42. The van der Waals surface area contributed by atoms with E-state index >= 15 is 0 Å². The molecular formula is C13H20N2O. The SMILES string of the molecule is C[C@H]1CCCCN1c1ccc(CO)cc1N. The topological polar surface area (TPSA) is 49.5 Å². The van der Waals surface area contributed by atoms with Crippen molar-refractivity contribution in [3.05, 3.63) is 23.8 Å². The second-order valence-electron chi connectivity index (χ2n) is 4.59. The van der Waals surface area contributed by atoms with Gasteiger partial charge in [-0.3, -0.25) is 0 Å². The third-order valence-corrected chi connectivity index (χ3v) is 3.39. The fourth-order valence-corrected chi connectivity index (χ4v) is 2.42. The molecule has 0 bridgehead atoms. The van der Waals surface area contributed by atoms with Crippen molar-refractivity contribution in [3.8, 4) is 0 Å². The standard InChI is InChI=1S/C13H20N2O/c1-10-4-2-3-7-15(10)13-6-5-11(9-16)8-12(13)14/h5-6,8,10,16H,2-4,7,9,14H2,1H3/t10-/m0/s1. The fourth-order valence-electron chi connectivity index (χ4n) is 2.42. The molecule has 1 heterocycles. The Balaban J connectivity index is 2.25. The van der Waals surface area contributed by atoms with Crippen LogP contribution in [0.25, 0.3) is 0 Å². The maximum absolute atomic E-state index is 9.05. The number of nitrogens with zero attached hydrogens (tertiary/aromatic N) is 1. The van der Waals surface area contributed by atoms with Crippen LogP contribution in [0.5, 0.6) is 0 Å². The molecule has 3 nitrogen and oxygen atoms in total. The summed E-state index contributed by atoms with van der Waals surface area (Å²) in [5, 5.41) is 9.05. The minimum Gasteiger partial charge on any atom is -0.397 e. The highest BCUT2D eigenvalue weighted by molar-refractivity contribution is 5.69. The molecule has 3 N–H and O–H groups in total. The van der Waals surface area contributed by atoms with Gasteiger partial charge in [0.2, 0.25) is 0 Å². The Morgan fingerprint density at radius 3 is 2.88 bits per heavy atom. The highest BCUT2D eigenvalue weighted by Gasteiger charge is 2.20. The summed E-state index contributed by atoms with van der Waals surface area (Å²) in [6.07, 6.45) is 3.79. The van der Waals surface area contributed by atoms with Crippen molar-refractivity contribution in [2.24, 2.45) is 0 Å². The first-order chi connectivity index (χ1) is 7.72. The van der Waals surface area contributed by atoms with Crippen LogP contribution < -0.4 is 10.6 Å². The minimum atomic E-state index is 0.0556. The van der Waals surface area contributed by atoms with E-state index in [9.17, 15) is 0 Å². The van der Waals surface area contributed by atoms with E-state index < -0.39 is 0 Å². The van der Waals surface area contributed by atoms with Gasteiger partial charge in [0, 0.05) is 12.6 Å². The van der Waals surface area contributed by atoms with Crippen LogP contribution in [0.15, 0.2) is 18.2 Å². The lowest BCUT2D eigenvalue weighted by molar-refractivity contribution is 0.282. The van der Waals surface area contributed by atoms with E-state index in [2.05, 4.69) is 11.8 Å². The number of hydrogen-bond acceptors (Lipinski definition) is 3. The Morgan fingerprint density at radius 2 is 2.25 bits per heavy atom. The van der Waals surface area contributed by atoms with E-state index in [-0.39, 0.29) is 6.61 Å². The zero-order valence-electron chi connectivity index (χ0n) is 9.82. The molecule has 3 heteroatoms. The molecule has 2 rings (SSSR count). The van der Waals surface area contributed by atoms with Gasteiger partial charge in [-0.1, -0.05) is 6.07 Å². The normalized spacial score (nSPS) is 21.1. The van der Waals surface area contributed by atoms with Gasteiger partial charge in [-0.25, -0.2) is 0 Å². The van der Waals surface area contributed by atoms with Gasteiger partial charge in [-0.15, -0.1) is 0 Å². The number of piperidine rings is 1. The van der Waals surface area contributed by atoms with Crippen LogP contribution in [0.4, 0.5) is 11.4 Å². The molecule has 0 spiro atoms. The van der Waals surface area contributed by atoms with Crippen molar-refractivity contribution < 1.29 is 5.11 Å². The molecule has 1 aromatic rings. The average molecular weight is 220 g/mol. The molecule has 1 atom stereocenters. The summed E-state index contributed by atoms with van der Waals surface area (Å²) in [5.74, 6) is 0. The number of aliphatic hydroxyl groups excluding tert-OH is 1. The number of aliphatic hydroxyl groups is 1. The van der Waals surface area contributed by atoms with Crippen molar-refractivity contribution >= 4 is 11.4 Å². The molecule has 0 saturated carbocycles. The Bertz CT molecular complexity index is 365. The zero-order chi connectivity index (χ0) is 11.5. The first kappa shape index (κ1) is 11.3. The van der Waals surface area contributed by atoms with Crippen molar-refractivity contribution in [2.45, 2.75) is 38.8 Å². The summed E-state index contributed by atoms with van der Waals surface area (Å²) in [5.41, 5.74) is 8.81. The number of nitrogen functional groups attached to an aromatic ring is 1. The predicted molar refractivity (Wildman–Crippen MR) is 67.4 cm³/mol. The van der Waals surface area contributed by atoms with Gasteiger partial charge in [-0.05, 0) is 43.9 Å². The Labute approximate surface area is 96.9 Å². The summed E-state index contributed by atoms with van der Waals surface area (Å²) in [6.45, 7) is 3.39. The van der Waals surface area contributed by atoms with Crippen molar-refractivity contribution in [2.75, 3.05) is 17.2 Å². The van der Waals surface area contributed by atoms with Gasteiger partial charge in [0.1, 0.15) is 0 Å². The van der Waals surface area contributed by atoms with E-state index in [0.29, 0.717) is 6.04 Å². The number of rotatable bonds is 2. The molecule has 1 aromatic carbocycles. The quantitative estimate of drug-likeness (QED) is 0.751. The largest absolute Gasteiger partial charge is 0.397 e. The lowest BCUT2D eigenvalue weighted by Gasteiger charge is -2.36. The minimum absolute atomic E-state index is 0.0556. The molecule has 16 heavy (non-hydrogen) atoms. The van der Waals surface area contributed by atoms with Crippen molar-refractivity contribution in [1.82, 2.24) is 0 Å². The van der Waals surface area contributed by atoms with Gasteiger partial charge >= 0.3 is 0 Å². The van der Waals surface area contributed by atoms with E-state index in [4.69, 9.17) is 10.8 Å². The molecule has 0 radical (unpaired) electrons. The monoisotopic (exact) mass is 220 g/mol. The van der Waals surface area contributed by atoms with Gasteiger partial charge in [0.15, 0.2) is 0 Å². The fraction of sp³-hybridized carbons (Fsp3) is 0.538. The van der Waals surface area contributed by atoms with Gasteiger partial charge in [-0.2, -0.15) is 0 Å². The summed E-state index contributed by atoms with van der Waals surface area (Å²) >= 11 is 0. The number of benzene rings is 1. The summed E-state index contributed by atoms with van der Waals surface area (Å²) in [4.78, 5) is 2.37. The predicted octanol–water partition coefficient (Wildman–Crippen LogP) is 2.14. The van der Waals surface area contributed by atoms with Crippen LogP contribution in [0.3, 0.4) is 0 Å². The van der Waals surface area contributed by atoms with E-state index in [1.54, 1.807) is 0 Å². The molecule has 88 valence electrons. The first-order valence-electron chi connectivity index (χ1n) is 5.98. The Kier molecular flexibility index (Phi) is 3.34. The Hall–Kier alpha value is -1.22. The van der Waals surface area contributed by atoms with Gasteiger partial charge < -0.3 is 15.7 Å². The maximum Gasteiger partial charge on any atom is 0.0682 e. The third-order valence-electron chi connectivity index (χ3n) is 3.39. The van der Waals surface area contributed by atoms with Crippen molar-refractivity contribution in [1.29, 1.82) is 0 Å². The lowest BCUT2D eigenvalue weighted by Crippen LogP contribution is -2.37. The second-order valence-corrected chi connectivity index (χ2v) is 4.59. The van der Waals surface area contributed by atoms with Crippen LogP contribution in [-0.2, 0) is 6.61 Å². The molecule has 0 amide bonds. The molecule has 0 unspecified atom stereocenters. The van der Waals surface area contributed by atoms with Gasteiger partial charge in [0.25, 0.3) is 0 Å². The first-order valence-corrected chi connectivity index (χ1v) is 5.98. The molecule has 0 aromatic heterocycles. The number of anilines is 2. The second kappa shape index (κ2) is 4.74. The molecule has 0 aliphatic carbocycles. The highest BCUT2D eigenvalue weighted by atomic mass is 16.3. The number of nitrogens with two attached hydrogens (primary N) is 1. The highest BCUT2D eigenvalue weighted by Crippen LogP contribution is 2.30. The average Bonchev–Trinajstić information content (AvgIpc) is 2.30. The van der Waals surface area contributed by atoms with E-state index in [0.717, 1.165) is 23.5 Å². The van der Waals surface area contributed by atoms with Crippen LogP contribution >= 0.6 is 0 Å². The van der Waals surface area contributed by atoms with Crippen LogP contribution in [0, 0.1) is 0 Å².